The lowest BCUT2D eigenvalue weighted by Gasteiger charge is -2.39. The van der Waals surface area contributed by atoms with Gasteiger partial charge in [0.05, 0.1) is 32.5 Å². The molecule has 36 heavy (non-hydrogen) atoms. The van der Waals surface area contributed by atoms with Crippen molar-refractivity contribution in [1.82, 2.24) is 0 Å². The third kappa shape index (κ3) is 3.19. The summed E-state index contributed by atoms with van der Waals surface area (Å²) in [5, 5.41) is 12.3. The van der Waals surface area contributed by atoms with Gasteiger partial charge in [-0.1, -0.05) is 30.3 Å². The van der Waals surface area contributed by atoms with E-state index in [1.54, 1.807) is 24.3 Å². The van der Waals surface area contributed by atoms with Gasteiger partial charge in [0.1, 0.15) is 23.0 Å². The summed E-state index contributed by atoms with van der Waals surface area (Å²) in [6.45, 7) is 0. The Morgan fingerprint density at radius 1 is 0.944 bits per heavy atom. The van der Waals surface area contributed by atoms with Gasteiger partial charge < -0.3 is 24.1 Å². The van der Waals surface area contributed by atoms with Gasteiger partial charge in [-0.15, -0.1) is 0 Å². The number of methoxy groups -OCH3 is 3. The average molecular weight is 500 g/mol. The molecule has 0 amide bonds. The molecule has 9 heteroatoms. The highest BCUT2D eigenvalue weighted by Crippen LogP contribution is 2.67. The van der Waals surface area contributed by atoms with E-state index in [1.165, 1.54) is 45.6 Å². The molecule has 0 bridgehead atoms. The normalized spacial score (nSPS) is 24.6. The van der Waals surface area contributed by atoms with Crippen molar-refractivity contribution in [3.05, 3.63) is 82.9 Å². The van der Waals surface area contributed by atoms with E-state index in [4.69, 9.17) is 18.9 Å². The van der Waals surface area contributed by atoms with E-state index in [0.29, 0.717) is 17.1 Å². The average Bonchev–Trinajstić information content (AvgIpc) is 3.28. The van der Waals surface area contributed by atoms with Crippen LogP contribution in [0.2, 0.25) is 0 Å². The first-order chi connectivity index (χ1) is 17.1. The third-order valence-electron chi connectivity index (χ3n) is 7.08. The maximum absolute atomic E-state index is 13.7. The summed E-state index contributed by atoms with van der Waals surface area (Å²) >= 11 is 0. The Hall–Kier alpha value is -3.72. The number of carbonyl (C=O) groups excluding carboxylic acids is 1. The molecule has 0 aromatic heterocycles. The molecule has 3 aromatic carbocycles. The number of alkyl halides is 3. The number of fused-ring (bicyclic) bond motifs is 3. The molecule has 1 saturated carbocycles. The minimum atomic E-state index is -4.59. The second-order valence-electron chi connectivity index (χ2n) is 8.78. The zero-order valence-corrected chi connectivity index (χ0v) is 19.7. The van der Waals surface area contributed by atoms with Crippen molar-refractivity contribution in [1.29, 1.82) is 0 Å². The predicted molar refractivity (Wildman–Crippen MR) is 123 cm³/mol. The van der Waals surface area contributed by atoms with Crippen molar-refractivity contribution in [2.45, 2.75) is 29.7 Å². The SMILES string of the molecule is COc1ccc([C@@]23Oc4cc(OC)cc(OC)c4[C@]2(O)C(=O)C[C@H]3c2cccc(C(F)(F)F)c2)cc1. The van der Waals surface area contributed by atoms with Crippen LogP contribution in [0.25, 0.3) is 0 Å². The minimum Gasteiger partial charge on any atom is -0.497 e. The van der Waals surface area contributed by atoms with Crippen molar-refractivity contribution >= 4 is 5.78 Å². The van der Waals surface area contributed by atoms with Gasteiger partial charge in [0, 0.05) is 30.0 Å². The van der Waals surface area contributed by atoms with Crippen LogP contribution in [-0.2, 0) is 22.2 Å². The van der Waals surface area contributed by atoms with Crippen LogP contribution in [0, 0.1) is 0 Å². The molecule has 188 valence electrons. The highest BCUT2D eigenvalue weighted by Gasteiger charge is 2.74. The van der Waals surface area contributed by atoms with Crippen LogP contribution in [0.5, 0.6) is 23.0 Å². The topological polar surface area (TPSA) is 74.2 Å². The first kappa shape index (κ1) is 24.0. The lowest BCUT2D eigenvalue weighted by Crippen LogP contribution is -2.50. The Morgan fingerprint density at radius 2 is 1.64 bits per heavy atom. The summed E-state index contributed by atoms with van der Waals surface area (Å²) < 4.78 is 63.3. The van der Waals surface area contributed by atoms with Gasteiger partial charge in [-0.2, -0.15) is 13.2 Å². The molecule has 0 unspecified atom stereocenters. The van der Waals surface area contributed by atoms with Crippen molar-refractivity contribution in [3.63, 3.8) is 0 Å². The number of ether oxygens (including phenoxy) is 4. The number of hydrogen-bond donors (Lipinski definition) is 1. The first-order valence-corrected chi connectivity index (χ1v) is 11.1. The lowest BCUT2D eigenvalue weighted by molar-refractivity contribution is -0.151. The van der Waals surface area contributed by atoms with Crippen molar-refractivity contribution in [2.75, 3.05) is 21.3 Å². The Labute approximate surface area is 205 Å². The minimum absolute atomic E-state index is 0.112. The predicted octanol–water partition coefficient (Wildman–Crippen LogP) is 4.96. The molecule has 3 aromatic rings. The Balaban J connectivity index is 1.80. The summed E-state index contributed by atoms with van der Waals surface area (Å²) in [5.41, 5.74) is -4.15. The highest BCUT2D eigenvalue weighted by atomic mass is 19.4. The molecule has 0 saturated heterocycles. The molecule has 1 aliphatic heterocycles. The Bertz CT molecular complexity index is 1340. The highest BCUT2D eigenvalue weighted by molar-refractivity contribution is 5.97. The number of aliphatic hydroxyl groups is 1. The molecular formula is C27H23F3O6. The van der Waals surface area contributed by atoms with Crippen LogP contribution >= 0.6 is 0 Å². The van der Waals surface area contributed by atoms with E-state index >= 15 is 0 Å². The molecule has 0 radical (unpaired) electrons. The van der Waals surface area contributed by atoms with Gasteiger partial charge in [-0.05, 0) is 23.8 Å². The maximum Gasteiger partial charge on any atom is 0.416 e. The Morgan fingerprint density at radius 3 is 2.25 bits per heavy atom. The van der Waals surface area contributed by atoms with Crippen molar-refractivity contribution < 1.29 is 42.0 Å². The number of carbonyl (C=O) groups is 1. The number of hydrogen-bond acceptors (Lipinski definition) is 6. The number of halogens is 3. The van der Waals surface area contributed by atoms with E-state index in [0.717, 1.165) is 12.1 Å². The molecule has 2 aliphatic rings. The second-order valence-corrected chi connectivity index (χ2v) is 8.78. The van der Waals surface area contributed by atoms with Crippen molar-refractivity contribution in [2.24, 2.45) is 0 Å². The molecule has 5 rings (SSSR count). The van der Waals surface area contributed by atoms with Crippen LogP contribution in [0.4, 0.5) is 13.2 Å². The van der Waals surface area contributed by atoms with E-state index in [-0.39, 0.29) is 29.0 Å². The Kier molecular flexibility index (Phi) is 5.44. The van der Waals surface area contributed by atoms with Crippen LogP contribution in [0.15, 0.2) is 60.7 Å². The standard InChI is InChI=1S/C27H23F3O6/c1-33-18-9-7-16(8-10-18)26-20(15-5-4-6-17(11-15)27(28,29)30)14-23(31)25(26,32)24-21(35-3)12-19(34-2)13-22(24)36-26/h4-13,20,32H,14H2,1-3H3/t20-,25+,26-/m0/s1. The third-order valence-corrected chi connectivity index (χ3v) is 7.08. The van der Waals surface area contributed by atoms with Crippen LogP contribution in [0.3, 0.4) is 0 Å². The number of rotatable bonds is 5. The fourth-order valence-electron chi connectivity index (χ4n) is 5.45. The van der Waals surface area contributed by atoms with E-state index < -0.39 is 34.6 Å². The van der Waals surface area contributed by atoms with Gasteiger partial charge in [-0.3, -0.25) is 4.79 Å². The van der Waals surface area contributed by atoms with E-state index in [2.05, 4.69) is 0 Å². The molecule has 0 spiro atoms. The quantitative estimate of drug-likeness (QED) is 0.534. The van der Waals surface area contributed by atoms with Gasteiger partial charge in [0.25, 0.3) is 0 Å². The monoisotopic (exact) mass is 500 g/mol. The zero-order chi connectivity index (χ0) is 25.9. The van der Waals surface area contributed by atoms with Crippen LogP contribution in [0.1, 0.15) is 34.6 Å². The summed E-state index contributed by atoms with van der Waals surface area (Å²) in [7, 11) is 4.32. The van der Waals surface area contributed by atoms with E-state index in [9.17, 15) is 23.1 Å². The van der Waals surface area contributed by atoms with E-state index in [1.807, 2.05) is 0 Å². The molecule has 1 N–H and O–H groups in total. The van der Waals surface area contributed by atoms with Crippen LogP contribution < -0.4 is 18.9 Å². The molecule has 1 fully saturated rings. The van der Waals surface area contributed by atoms with Gasteiger partial charge in [-0.25, -0.2) is 0 Å². The second kappa shape index (κ2) is 8.16. The van der Waals surface area contributed by atoms with Crippen LogP contribution in [-0.4, -0.2) is 32.2 Å². The fourth-order valence-corrected chi connectivity index (χ4v) is 5.45. The smallest absolute Gasteiger partial charge is 0.416 e. The summed E-state index contributed by atoms with van der Waals surface area (Å²) in [4.78, 5) is 13.7. The number of Topliss-reactive ketones (excluding diaryl/α,β-unsaturated/α-hetero) is 1. The summed E-state index contributed by atoms with van der Waals surface area (Å²) in [5.74, 6) is -0.345. The largest absolute Gasteiger partial charge is 0.497 e. The summed E-state index contributed by atoms with van der Waals surface area (Å²) in [6.07, 6.45) is -4.84. The zero-order valence-electron chi connectivity index (χ0n) is 19.7. The first-order valence-electron chi connectivity index (χ1n) is 11.1. The molecule has 6 nitrogen and oxygen atoms in total. The van der Waals surface area contributed by atoms with Gasteiger partial charge >= 0.3 is 6.18 Å². The number of benzene rings is 3. The summed E-state index contributed by atoms with van der Waals surface area (Å²) in [6, 6.07) is 14.4. The lowest BCUT2D eigenvalue weighted by atomic mass is 9.71. The van der Waals surface area contributed by atoms with Crippen molar-refractivity contribution in [3.8, 4) is 23.0 Å². The van der Waals surface area contributed by atoms with Gasteiger partial charge in [0.2, 0.25) is 0 Å². The molecule has 1 heterocycles. The number of ketones is 1. The molecular weight excluding hydrogens is 477 g/mol. The van der Waals surface area contributed by atoms with Gasteiger partial charge in [0.15, 0.2) is 17.0 Å². The molecule has 1 aliphatic carbocycles. The maximum atomic E-state index is 13.7. The molecule has 3 atom stereocenters. The fraction of sp³-hybridized carbons (Fsp3) is 0.296.